The molecular formula is C30H36N4O2. The number of carbonyl (C=O) groups is 2. The zero-order chi connectivity index (χ0) is 25.5. The summed E-state index contributed by atoms with van der Waals surface area (Å²) in [7, 11) is 0. The number of benzene rings is 3. The molecule has 6 heteroatoms. The van der Waals surface area contributed by atoms with Gasteiger partial charge in [0.15, 0.2) is 0 Å². The van der Waals surface area contributed by atoms with Crippen LogP contribution in [0.5, 0.6) is 0 Å². The minimum absolute atomic E-state index is 0.00528. The van der Waals surface area contributed by atoms with Gasteiger partial charge in [-0.25, -0.2) is 0 Å². The van der Waals surface area contributed by atoms with Crippen molar-refractivity contribution >= 4 is 17.5 Å². The summed E-state index contributed by atoms with van der Waals surface area (Å²) in [6, 6.07) is 24.6. The van der Waals surface area contributed by atoms with Gasteiger partial charge in [-0.1, -0.05) is 72.8 Å². The summed E-state index contributed by atoms with van der Waals surface area (Å²) in [4.78, 5) is 29.6. The summed E-state index contributed by atoms with van der Waals surface area (Å²) in [6.07, 6.45) is 0. The van der Waals surface area contributed by atoms with Crippen LogP contribution in [0.15, 0.2) is 72.8 Å². The van der Waals surface area contributed by atoms with Crippen molar-refractivity contribution < 1.29 is 9.59 Å². The minimum Gasteiger partial charge on any atom is -0.348 e. The molecule has 0 aromatic heterocycles. The van der Waals surface area contributed by atoms with Crippen molar-refractivity contribution in [2.45, 2.75) is 26.8 Å². The second kappa shape index (κ2) is 12.0. The van der Waals surface area contributed by atoms with Gasteiger partial charge in [0.2, 0.25) is 11.8 Å². The summed E-state index contributed by atoms with van der Waals surface area (Å²) >= 11 is 0. The van der Waals surface area contributed by atoms with Gasteiger partial charge in [0.25, 0.3) is 0 Å². The van der Waals surface area contributed by atoms with Crippen LogP contribution in [0.25, 0.3) is 11.1 Å². The molecule has 0 unspecified atom stereocenters. The number of hydrogen-bond donors (Lipinski definition) is 2. The van der Waals surface area contributed by atoms with Gasteiger partial charge in [-0.15, -0.1) is 0 Å². The van der Waals surface area contributed by atoms with E-state index in [-0.39, 0.29) is 17.9 Å². The normalized spacial score (nSPS) is 15.3. The van der Waals surface area contributed by atoms with Crippen molar-refractivity contribution in [3.63, 3.8) is 0 Å². The fourth-order valence-corrected chi connectivity index (χ4v) is 4.67. The van der Waals surface area contributed by atoms with Crippen LogP contribution in [0, 0.1) is 13.8 Å². The first-order chi connectivity index (χ1) is 17.4. The highest BCUT2D eigenvalue weighted by molar-refractivity contribution is 5.93. The molecule has 3 aromatic rings. The van der Waals surface area contributed by atoms with Gasteiger partial charge in [-0.05, 0) is 48.6 Å². The van der Waals surface area contributed by atoms with Gasteiger partial charge in [-0.2, -0.15) is 0 Å². The zero-order valence-electron chi connectivity index (χ0n) is 21.5. The van der Waals surface area contributed by atoms with E-state index in [2.05, 4.69) is 56.8 Å². The lowest BCUT2D eigenvalue weighted by Crippen LogP contribution is -2.51. The second-order valence-electron chi connectivity index (χ2n) is 9.64. The Hall–Kier alpha value is -3.48. The van der Waals surface area contributed by atoms with E-state index in [0.29, 0.717) is 13.1 Å². The van der Waals surface area contributed by atoms with E-state index in [1.54, 1.807) is 0 Å². The molecule has 6 nitrogen and oxygen atoms in total. The largest absolute Gasteiger partial charge is 0.348 e. The molecule has 36 heavy (non-hydrogen) atoms. The summed E-state index contributed by atoms with van der Waals surface area (Å²) in [5.41, 5.74) is 6.48. The monoisotopic (exact) mass is 484 g/mol. The first-order valence-electron chi connectivity index (χ1n) is 12.6. The van der Waals surface area contributed by atoms with E-state index >= 15 is 0 Å². The third-order valence-electron chi connectivity index (χ3n) is 6.84. The van der Waals surface area contributed by atoms with Crippen LogP contribution in [0.4, 0.5) is 5.69 Å². The minimum atomic E-state index is -0.0581. The van der Waals surface area contributed by atoms with Crippen LogP contribution in [-0.2, 0) is 9.59 Å². The number of piperazine rings is 1. The highest BCUT2D eigenvalue weighted by atomic mass is 16.2. The number of carbonyl (C=O) groups excluding carboxylic acids is 2. The Morgan fingerprint density at radius 1 is 0.722 bits per heavy atom. The van der Waals surface area contributed by atoms with Crippen LogP contribution < -0.4 is 10.6 Å². The van der Waals surface area contributed by atoms with Crippen LogP contribution in [0.3, 0.4) is 0 Å². The highest BCUT2D eigenvalue weighted by Crippen LogP contribution is 2.22. The first kappa shape index (κ1) is 25.6. The Labute approximate surface area is 214 Å². The lowest BCUT2D eigenvalue weighted by Gasteiger charge is -2.34. The van der Waals surface area contributed by atoms with Crippen LogP contribution >= 0.6 is 0 Å². The van der Waals surface area contributed by atoms with Crippen LogP contribution in [0.2, 0.25) is 0 Å². The maximum atomic E-state index is 12.7. The van der Waals surface area contributed by atoms with Crippen molar-refractivity contribution in [2.75, 3.05) is 44.6 Å². The molecule has 1 heterocycles. The smallest absolute Gasteiger partial charge is 0.238 e. The molecule has 4 rings (SSSR count). The predicted molar refractivity (Wildman–Crippen MR) is 146 cm³/mol. The van der Waals surface area contributed by atoms with E-state index in [0.717, 1.165) is 48.6 Å². The lowest BCUT2D eigenvalue weighted by atomic mass is 10.0. The lowest BCUT2D eigenvalue weighted by molar-refractivity contribution is -0.124. The number of hydrogen-bond acceptors (Lipinski definition) is 4. The topological polar surface area (TPSA) is 64.7 Å². The summed E-state index contributed by atoms with van der Waals surface area (Å²) in [5, 5.41) is 6.19. The summed E-state index contributed by atoms with van der Waals surface area (Å²) in [6.45, 7) is 9.84. The Bertz CT molecular complexity index is 1150. The van der Waals surface area contributed by atoms with E-state index in [4.69, 9.17) is 0 Å². The molecule has 2 N–H and O–H groups in total. The molecule has 1 aliphatic rings. The van der Waals surface area contributed by atoms with Gasteiger partial charge in [0.1, 0.15) is 0 Å². The maximum absolute atomic E-state index is 12.7. The summed E-state index contributed by atoms with van der Waals surface area (Å²) in [5.74, 6) is 0.0292. The van der Waals surface area contributed by atoms with Gasteiger partial charge >= 0.3 is 0 Å². The second-order valence-corrected chi connectivity index (χ2v) is 9.64. The maximum Gasteiger partial charge on any atom is 0.238 e. The zero-order valence-corrected chi connectivity index (χ0v) is 21.5. The number of nitrogens with zero attached hydrogens (tertiary/aromatic N) is 2. The third-order valence-corrected chi connectivity index (χ3v) is 6.84. The van der Waals surface area contributed by atoms with Crippen molar-refractivity contribution in [1.82, 2.24) is 15.1 Å². The molecule has 0 bridgehead atoms. The van der Waals surface area contributed by atoms with Crippen molar-refractivity contribution in [1.29, 1.82) is 0 Å². The van der Waals surface area contributed by atoms with E-state index < -0.39 is 0 Å². The molecule has 3 aromatic carbocycles. The van der Waals surface area contributed by atoms with E-state index in [1.165, 1.54) is 11.1 Å². The Morgan fingerprint density at radius 2 is 1.25 bits per heavy atom. The number of amides is 2. The molecule has 0 aliphatic carbocycles. The van der Waals surface area contributed by atoms with Crippen LogP contribution in [-0.4, -0.2) is 60.9 Å². The fraction of sp³-hybridized carbons (Fsp3) is 0.333. The summed E-state index contributed by atoms with van der Waals surface area (Å²) < 4.78 is 0. The molecular weight excluding hydrogens is 448 g/mol. The molecule has 188 valence electrons. The predicted octanol–water partition coefficient (Wildman–Crippen LogP) is 4.40. The third kappa shape index (κ3) is 6.80. The standard InChI is InChI=1S/C30H36N4O2/c1-22-8-7-9-23(2)30(22)32-29(36)21-34-18-16-33(17-19-34)20-28(35)31-24(3)25-12-14-27(15-13-25)26-10-5-4-6-11-26/h4-15,24H,16-21H2,1-3H3,(H,31,35)(H,32,36)/t24-/m1/s1. The number of para-hydroxylation sites is 1. The number of aryl methyl sites for hydroxylation is 2. The number of nitrogens with one attached hydrogen (secondary N) is 2. The van der Waals surface area contributed by atoms with E-state index in [1.807, 2.05) is 57.2 Å². The first-order valence-corrected chi connectivity index (χ1v) is 12.6. The Kier molecular flexibility index (Phi) is 8.52. The average Bonchev–Trinajstić information content (AvgIpc) is 2.88. The van der Waals surface area contributed by atoms with Crippen LogP contribution in [0.1, 0.15) is 29.7 Å². The van der Waals surface area contributed by atoms with Crippen molar-refractivity contribution in [2.24, 2.45) is 0 Å². The van der Waals surface area contributed by atoms with Gasteiger partial charge in [0, 0.05) is 31.9 Å². The molecule has 1 atom stereocenters. The number of rotatable bonds is 8. The molecule has 0 radical (unpaired) electrons. The molecule has 2 amide bonds. The average molecular weight is 485 g/mol. The van der Waals surface area contributed by atoms with Crippen molar-refractivity contribution in [3.8, 4) is 11.1 Å². The molecule has 0 saturated carbocycles. The Balaban J connectivity index is 1.20. The van der Waals surface area contributed by atoms with E-state index in [9.17, 15) is 9.59 Å². The number of anilines is 1. The molecule has 0 spiro atoms. The SMILES string of the molecule is Cc1cccc(C)c1NC(=O)CN1CCN(CC(=O)N[C@H](C)c2ccc(-c3ccccc3)cc2)CC1. The molecule has 1 saturated heterocycles. The fourth-order valence-electron chi connectivity index (χ4n) is 4.67. The van der Waals surface area contributed by atoms with Crippen molar-refractivity contribution in [3.05, 3.63) is 89.5 Å². The molecule has 1 fully saturated rings. The van der Waals surface area contributed by atoms with Gasteiger partial charge in [-0.3, -0.25) is 19.4 Å². The Morgan fingerprint density at radius 3 is 1.83 bits per heavy atom. The van der Waals surface area contributed by atoms with Gasteiger partial charge in [0.05, 0.1) is 19.1 Å². The quantitative estimate of drug-likeness (QED) is 0.497. The highest BCUT2D eigenvalue weighted by Gasteiger charge is 2.21. The molecule has 1 aliphatic heterocycles. The van der Waals surface area contributed by atoms with Gasteiger partial charge < -0.3 is 10.6 Å².